The van der Waals surface area contributed by atoms with Crippen LogP contribution in [0, 0.1) is 0 Å². The molecule has 1 N–H and O–H groups in total. The standard InChI is InChI=1S/C9H18F3NS/c1-4-8(3,5-2)13-6-7-14-9(10,11)12/h13H,4-7H2,1-3H3. The third kappa shape index (κ3) is 6.54. The second kappa shape index (κ2) is 5.85. The molecule has 0 aromatic rings. The first-order valence-corrected chi connectivity index (χ1v) is 5.77. The van der Waals surface area contributed by atoms with Crippen LogP contribution in [0.3, 0.4) is 0 Å². The number of alkyl halides is 3. The van der Waals surface area contributed by atoms with Crippen LogP contribution in [0.25, 0.3) is 0 Å². The molecule has 0 atom stereocenters. The van der Waals surface area contributed by atoms with E-state index in [1.54, 1.807) is 0 Å². The van der Waals surface area contributed by atoms with Crippen molar-refractivity contribution in [1.82, 2.24) is 5.32 Å². The van der Waals surface area contributed by atoms with Gasteiger partial charge in [-0.3, -0.25) is 0 Å². The lowest BCUT2D eigenvalue weighted by atomic mass is 9.96. The summed E-state index contributed by atoms with van der Waals surface area (Å²) in [6.45, 7) is 6.51. The minimum absolute atomic E-state index is 0.0217. The van der Waals surface area contributed by atoms with E-state index in [2.05, 4.69) is 5.32 Å². The first-order chi connectivity index (χ1) is 6.33. The minimum atomic E-state index is -4.10. The van der Waals surface area contributed by atoms with Gasteiger partial charge in [-0.15, -0.1) is 0 Å². The molecular formula is C9H18F3NS. The van der Waals surface area contributed by atoms with Crippen molar-refractivity contribution in [3.63, 3.8) is 0 Å². The van der Waals surface area contributed by atoms with Crippen LogP contribution in [0.4, 0.5) is 13.2 Å². The van der Waals surface area contributed by atoms with Gasteiger partial charge in [0.25, 0.3) is 0 Å². The highest BCUT2D eigenvalue weighted by Crippen LogP contribution is 2.29. The van der Waals surface area contributed by atoms with Crippen molar-refractivity contribution in [2.24, 2.45) is 0 Å². The highest BCUT2D eigenvalue weighted by Gasteiger charge is 2.28. The molecule has 0 rings (SSSR count). The summed E-state index contributed by atoms with van der Waals surface area (Å²) in [5.74, 6) is 0.0824. The Balaban J connectivity index is 3.63. The number of halogens is 3. The summed E-state index contributed by atoms with van der Waals surface area (Å²) in [6.07, 6.45) is 1.86. The van der Waals surface area contributed by atoms with E-state index in [9.17, 15) is 13.2 Å². The zero-order valence-electron chi connectivity index (χ0n) is 8.87. The quantitative estimate of drug-likeness (QED) is 0.700. The molecule has 0 radical (unpaired) electrons. The van der Waals surface area contributed by atoms with E-state index in [0.29, 0.717) is 6.54 Å². The Kier molecular flexibility index (Phi) is 5.90. The molecule has 0 aliphatic carbocycles. The third-order valence-electron chi connectivity index (χ3n) is 2.48. The lowest BCUT2D eigenvalue weighted by molar-refractivity contribution is -0.0327. The topological polar surface area (TPSA) is 12.0 Å². The van der Waals surface area contributed by atoms with Gasteiger partial charge in [-0.25, -0.2) is 0 Å². The van der Waals surface area contributed by atoms with Gasteiger partial charge >= 0.3 is 5.51 Å². The fourth-order valence-electron chi connectivity index (χ4n) is 1.02. The molecule has 0 aromatic carbocycles. The van der Waals surface area contributed by atoms with Crippen LogP contribution in [-0.2, 0) is 0 Å². The first kappa shape index (κ1) is 14.1. The van der Waals surface area contributed by atoms with E-state index in [1.807, 2.05) is 20.8 Å². The maximum absolute atomic E-state index is 11.8. The second-order valence-corrected chi connectivity index (χ2v) is 4.65. The van der Waals surface area contributed by atoms with Gasteiger partial charge < -0.3 is 5.32 Å². The van der Waals surface area contributed by atoms with Gasteiger partial charge in [0.2, 0.25) is 0 Å². The zero-order chi connectivity index (χ0) is 11.2. The number of hydrogen-bond acceptors (Lipinski definition) is 2. The molecule has 14 heavy (non-hydrogen) atoms. The number of rotatable bonds is 6. The SMILES string of the molecule is CCC(C)(CC)NCCSC(F)(F)F. The van der Waals surface area contributed by atoms with E-state index in [1.165, 1.54) is 0 Å². The molecule has 0 amide bonds. The molecule has 0 aliphatic rings. The van der Waals surface area contributed by atoms with Crippen molar-refractivity contribution in [2.45, 2.75) is 44.7 Å². The smallest absolute Gasteiger partial charge is 0.311 e. The predicted molar refractivity (Wildman–Crippen MR) is 55.5 cm³/mol. The summed E-state index contributed by atoms with van der Waals surface area (Å²) in [4.78, 5) is 0. The van der Waals surface area contributed by atoms with E-state index in [0.717, 1.165) is 12.8 Å². The average molecular weight is 229 g/mol. The Morgan fingerprint density at radius 2 is 1.64 bits per heavy atom. The largest absolute Gasteiger partial charge is 0.441 e. The molecule has 0 spiro atoms. The summed E-state index contributed by atoms with van der Waals surface area (Å²) in [7, 11) is 0. The molecule has 0 fully saturated rings. The lowest BCUT2D eigenvalue weighted by Crippen LogP contribution is -2.42. The van der Waals surface area contributed by atoms with Crippen molar-refractivity contribution >= 4 is 11.8 Å². The fraction of sp³-hybridized carbons (Fsp3) is 1.00. The van der Waals surface area contributed by atoms with Gasteiger partial charge in [0.1, 0.15) is 0 Å². The van der Waals surface area contributed by atoms with Gasteiger partial charge in [0.05, 0.1) is 0 Å². The second-order valence-electron chi connectivity index (χ2n) is 3.49. The van der Waals surface area contributed by atoms with Crippen molar-refractivity contribution < 1.29 is 13.2 Å². The molecule has 0 saturated heterocycles. The number of nitrogens with one attached hydrogen (secondary N) is 1. The number of thioether (sulfide) groups is 1. The van der Waals surface area contributed by atoms with Crippen LogP contribution in [0.2, 0.25) is 0 Å². The van der Waals surface area contributed by atoms with Crippen LogP contribution in [-0.4, -0.2) is 23.3 Å². The molecule has 0 heterocycles. The Labute approximate surface area is 87.8 Å². The highest BCUT2D eigenvalue weighted by molar-refractivity contribution is 8.00. The predicted octanol–water partition coefficient (Wildman–Crippen LogP) is 3.41. The molecule has 0 bridgehead atoms. The average Bonchev–Trinajstić information content (AvgIpc) is 2.11. The van der Waals surface area contributed by atoms with Gasteiger partial charge in [-0.1, -0.05) is 13.8 Å². The van der Waals surface area contributed by atoms with Gasteiger partial charge in [0, 0.05) is 17.8 Å². The number of hydrogen-bond donors (Lipinski definition) is 1. The van der Waals surface area contributed by atoms with Crippen LogP contribution < -0.4 is 5.32 Å². The van der Waals surface area contributed by atoms with Gasteiger partial charge in [0.15, 0.2) is 0 Å². The summed E-state index contributed by atoms with van der Waals surface area (Å²) in [5.41, 5.74) is -4.12. The minimum Gasteiger partial charge on any atom is -0.311 e. The highest BCUT2D eigenvalue weighted by atomic mass is 32.2. The summed E-state index contributed by atoms with van der Waals surface area (Å²) in [6, 6.07) is 0. The maximum Gasteiger partial charge on any atom is 0.441 e. The molecule has 0 aliphatic heterocycles. The Hall–Kier alpha value is 0.100. The molecular weight excluding hydrogens is 211 g/mol. The van der Waals surface area contributed by atoms with Crippen molar-refractivity contribution in [3.05, 3.63) is 0 Å². The fourth-order valence-corrected chi connectivity index (χ4v) is 1.46. The Morgan fingerprint density at radius 3 is 2.00 bits per heavy atom. The molecule has 5 heteroatoms. The lowest BCUT2D eigenvalue weighted by Gasteiger charge is -2.28. The molecule has 0 unspecified atom stereocenters. The molecule has 0 aromatic heterocycles. The van der Waals surface area contributed by atoms with Crippen molar-refractivity contribution in [2.75, 3.05) is 12.3 Å². The van der Waals surface area contributed by atoms with Crippen molar-refractivity contribution in [3.8, 4) is 0 Å². The van der Waals surface area contributed by atoms with Gasteiger partial charge in [-0.05, 0) is 31.5 Å². The monoisotopic (exact) mass is 229 g/mol. The van der Waals surface area contributed by atoms with Gasteiger partial charge in [-0.2, -0.15) is 13.2 Å². The first-order valence-electron chi connectivity index (χ1n) is 4.78. The molecule has 86 valence electrons. The summed E-state index contributed by atoms with van der Waals surface area (Å²) in [5, 5.41) is 3.15. The normalized spacial score (nSPS) is 13.3. The summed E-state index contributed by atoms with van der Waals surface area (Å²) < 4.78 is 35.3. The Morgan fingerprint density at radius 1 is 1.14 bits per heavy atom. The molecule has 0 saturated carbocycles. The van der Waals surface area contributed by atoms with E-state index in [-0.39, 0.29) is 23.1 Å². The zero-order valence-corrected chi connectivity index (χ0v) is 9.69. The van der Waals surface area contributed by atoms with Crippen LogP contribution in [0.1, 0.15) is 33.6 Å². The van der Waals surface area contributed by atoms with Crippen LogP contribution >= 0.6 is 11.8 Å². The third-order valence-corrected chi connectivity index (χ3v) is 3.22. The van der Waals surface area contributed by atoms with E-state index < -0.39 is 5.51 Å². The van der Waals surface area contributed by atoms with E-state index in [4.69, 9.17) is 0 Å². The van der Waals surface area contributed by atoms with Crippen LogP contribution in [0.5, 0.6) is 0 Å². The van der Waals surface area contributed by atoms with Crippen molar-refractivity contribution in [1.29, 1.82) is 0 Å². The van der Waals surface area contributed by atoms with Crippen LogP contribution in [0.15, 0.2) is 0 Å². The van der Waals surface area contributed by atoms with E-state index >= 15 is 0 Å². The Bertz CT molecular complexity index is 155. The molecule has 1 nitrogen and oxygen atoms in total. The maximum atomic E-state index is 11.8. The summed E-state index contributed by atoms with van der Waals surface area (Å²) >= 11 is 0.0327.